The molecule has 0 spiro atoms. The lowest BCUT2D eigenvalue weighted by Gasteiger charge is -2.27. The topological polar surface area (TPSA) is 102 Å². The largest absolute Gasteiger partial charge is 0.480 e. The number of nitrogens with zero attached hydrogens (tertiary/aromatic N) is 5. The molecule has 0 saturated carbocycles. The Kier molecular flexibility index (Phi) is 7.23. The maximum atomic E-state index is 11.4. The second kappa shape index (κ2) is 10.1. The summed E-state index contributed by atoms with van der Waals surface area (Å²) in [7, 11) is 3.13. The second-order valence-electron chi connectivity index (χ2n) is 6.27. The van der Waals surface area contributed by atoms with Gasteiger partial charge in [0.15, 0.2) is 5.16 Å². The van der Waals surface area contributed by atoms with Gasteiger partial charge in [-0.1, -0.05) is 6.58 Å². The van der Waals surface area contributed by atoms with Crippen LogP contribution in [0.4, 0.5) is 5.95 Å². The third kappa shape index (κ3) is 5.35. The fourth-order valence-electron chi connectivity index (χ4n) is 2.86. The van der Waals surface area contributed by atoms with E-state index in [9.17, 15) is 4.79 Å². The number of amides is 1. The van der Waals surface area contributed by atoms with E-state index in [1.54, 1.807) is 26.5 Å². The predicted molar refractivity (Wildman–Crippen MR) is 109 cm³/mol. The Morgan fingerprint density at radius 1 is 1.21 bits per heavy atom. The van der Waals surface area contributed by atoms with Crippen LogP contribution in [0.25, 0.3) is 0 Å². The van der Waals surface area contributed by atoms with Gasteiger partial charge in [-0.15, -0.1) is 0 Å². The molecule has 3 rings (SSSR count). The van der Waals surface area contributed by atoms with Crippen molar-refractivity contribution in [1.82, 2.24) is 25.3 Å². The monoisotopic (exact) mass is 416 g/mol. The van der Waals surface area contributed by atoms with E-state index in [4.69, 9.17) is 9.47 Å². The van der Waals surface area contributed by atoms with Crippen molar-refractivity contribution in [2.45, 2.75) is 35.9 Å². The van der Waals surface area contributed by atoms with Crippen molar-refractivity contribution in [3.05, 3.63) is 30.6 Å². The van der Waals surface area contributed by atoms with Crippen molar-refractivity contribution in [2.75, 3.05) is 32.2 Å². The average molecular weight is 417 g/mol. The van der Waals surface area contributed by atoms with Gasteiger partial charge in [-0.05, 0) is 43.2 Å². The molecule has 10 heteroatoms. The summed E-state index contributed by atoms with van der Waals surface area (Å²) in [4.78, 5) is 32.0. The summed E-state index contributed by atoms with van der Waals surface area (Å²) in [6.07, 6.45) is 6.31. The van der Waals surface area contributed by atoms with Gasteiger partial charge in [-0.3, -0.25) is 4.79 Å². The van der Waals surface area contributed by atoms with Crippen LogP contribution in [0.5, 0.6) is 11.8 Å². The Balaban J connectivity index is 1.84. The molecule has 0 atom stereocenters. The van der Waals surface area contributed by atoms with Crippen LogP contribution in [0.3, 0.4) is 0 Å². The summed E-state index contributed by atoms with van der Waals surface area (Å²) in [6, 6.07) is 1.73. The molecule has 0 aromatic carbocycles. The molecule has 1 saturated heterocycles. The Labute approximate surface area is 174 Å². The molecule has 3 heterocycles. The van der Waals surface area contributed by atoms with E-state index in [1.807, 2.05) is 0 Å². The highest BCUT2D eigenvalue weighted by Crippen LogP contribution is 2.39. The third-order valence-corrected chi connectivity index (χ3v) is 5.26. The first kappa shape index (κ1) is 20.8. The van der Waals surface area contributed by atoms with Gasteiger partial charge in [-0.2, -0.15) is 9.97 Å². The Bertz CT molecular complexity index is 848. The summed E-state index contributed by atoms with van der Waals surface area (Å²) < 4.78 is 11.0. The number of carbonyl (C=O) groups is 1. The smallest absolute Gasteiger partial charge is 0.243 e. The van der Waals surface area contributed by atoms with E-state index >= 15 is 0 Å². The highest BCUT2D eigenvalue weighted by Gasteiger charge is 2.22. The van der Waals surface area contributed by atoms with Gasteiger partial charge in [0.25, 0.3) is 0 Å². The van der Waals surface area contributed by atoms with Gasteiger partial charge in [-0.25, -0.2) is 9.97 Å². The molecule has 0 bridgehead atoms. The molecule has 1 fully saturated rings. The molecule has 29 heavy (non-hydrogen) atoms. The van der Waals surface area contributed by atoms with Gasteiger partial charge < -0.3 is 19.7 Å². The molecule has 1 aliphatic rings. The molecule has 1 amide bonds. The SMILES string of the molecule is C=CC(=O)NCc1ccnc(Sc2c(OC)nc(N3CCCCC3)nc2OC)n1. The van der Waals surface area contributed by atoms with Crippen molar-refractivity contribution < 1.29 is 14.3 Å². The van der Waals surface area contributed by atoms with Gasteiger partial charge in [0.2, 0.25) is 23.6 Å². The fourth-order valence-corrected chi connectivity index (χ4v) is 3.76. The molecule has 9 nitrogen and oxygen atoms in total. The summed E-state index contributed by atoms with van der Waals surface area (Å²) in [5.41, 5.74) is 0.668. The first-order valence-electron chi connectivity index (χ1n) is 9.29. The molecule has 0 radical (unpaired) electrons. The van der Waals surface area contributed by atoms with Crippen LogP contribution >= 0.6 is 11.8 Å². The molecule has 0 aliphatic carbocycles. The van der Waals surface area contributed by atoms with Crippen LogP contribution in [-0.2, 0) is 11.3 Å². The third-order valence-electron chi connectivity index (χ3n) is 4.33. The minimum absolute atomic E-state index is 0.261. The zero-order chi connectivity index (χ0) is 20.6. The van der Waals surface area contributed by atoms with Crippen LogP contribution in [0.1, 0.15) is 25.0 Å². The van der Waals surface area contributed by atoms with E-state index in [0.717, 1.165) is 25.9 Å². The highest BCUT2D eigenvalue weighted by atomic mass is 32.2. The van der Waals surface area contributed by atoms with E-state index in [1.165, 1.54) is 24.3 Å². The number of nitrogens with one attached hydrogen (secondary N) is 1. The minimum Gasteiger partial charge on any atom is -0.480 e. The predicted octanol–water partition coefficient (Wildman–Crippen LogP) is 2.23. The van der Waals surface area contributed by atoms with Crippen molar-refractivity contribution in [1.29, 1.82) is 0 Å². The van der Waals surface area contributed by atoms with Gasteiger partial charge >= 0.3 is 0 Å². The number of aromatic nitrogens is 4. The molecular formula is C19H24N6O3S. The Morgan fingerprint density at radius 3 is 2.52 bits per heavy atom. The Hall–Kier alpha value is -2.88. The molecule has 154 valence electrons. The second-order valence-corrected chi connectivity index (χ2v) is 7.25. The van der Waals surface area contributed by atoms with Gasteiger partial charge in [0, 0.05) is 19.3 Å². The summed E-state index contributed by atoms with van der Waals surface area (Å²) in [5.74, 6) is 1.17. The van der Waals surface area contributed by atoms with Crippen LogP contribution < -0.4 is 19.7 Å². The zero-order valence-electron chi connectivity index (χ0n) is 16.6. The first-order chi connectivity index (χ1) is 14.1. The Morgan fingerprint density at radius 2 is 1.90 bits per heavy atom. The lowest BCUT2D eigenvalue weighted by molar-refractivity contribution is -0.116. The minimum atomic E-state index is -0.261. The lowest BCUT2D eigenvalue weighted by atomic mass is 10.1. The van der Waals surface area contributed by atoms with E-state index in [0.29, 0.717) is 33.5 Å². The number of rotatable bonds is 8. The summed E-state index contributed by atoms with van der Waals surface area (Å²) in [5, 5.41) is 3.17. The van der Waals surface area contributed by atoms with Crippen LogP contribution in [0.15, 0.2) is 35.0 Å². The fraction of sp³-hybridized carbons (Fsp3) is 0.421. The highest BCUT2D eigenvalue weighted by molar-refractivity contribution is 7.99. The number of piperidine rings is 1. The maximum absolute atomic E-state index is 11.4. The standard InChI is InChI=1S/C19H24N6O3S/c1-4-14(26)21-12-13-8-9-20-19(22-13)29-15-16(27-2)23-18(24-17(15)28-3)25-10-6-5-7-11-25/h4,8-9H,1,5-7,10-12H2,2-3H3,(H,21,26). The number of anilines is 1. The lowest BCUT2D eigenvalue weighted by Crippen LogP contribution is -2.31. The van der Waals surface area contributed by atoms with E-state index < -0.39 is 0 Å². The number of methoxy groups -OCH3 is 2. The van der Waals surface area contributed by atoms with Crippen molar-refractivity contribution in [3.8, 4) is 11.8 Å². The molecule has 1 N–H and O–H groups in total. The van der Waals surface area contributed by atoms with E-state index in [-0.39, 0.29) is 12.5 Å². The van der Waals surface area contributed by atoms with Crippen LogP contribution in [0, 0.1) is 0 Å². The number of hydrogen-bond acceptors (Lipinski definition) is 9. The molecular weight excluding hydrogens is 392 g/mol. The van der Waals surface area contributed by atoms with Crippen molar-refractivity contribution in [3.63, 3.8) is 0 Å². The van der Waals surface area contributed by atoms with E-state index in [2.05, 4.69) is 36.7 Å². The first-order valence-corrected chi connectivity index (χ1v) is 10.1. The van der Waals surface area contributed by atoms with Gasteiger partial charge in [0.1, 0.15) is 4.90 Å². The summed E-state index contributed by atoms with van der Waals surface area (Å²) >= 11 is 1.25. The normalized spacial score (nSPS) is 13.7. The summed E-state index contributed by atoms with van der Waals surface area (Å²) in [6.45, 7) is 5.54. The number of ether oxygens (including phenoxy) is 2. The van der Waals surface area contributed by atoms with Crippen LogP contribution in [0.2, 0.25) is 0 Å². The molecule has 1 aliphatic heterocycles. The van der Waals surface area contributed by atoms with Gasteiger partial charge in [0.05, 0.1) is 26.5 Å². The van der Waals surface area contributed by atoms with Crippen LogP contribution in [-0.4, -0.2) is 53.2 Å². The number of carbonyl (C=O) groups excluding carboxylic acids is 1. The number of hydrogen-bond donors (Lipinski definition) is 1. The zero-order valence-corrected chi connectivity index (χ0v) is 17.4. The van der Waals surface area contributed by atoms with Crippen molar-refractivity contribution in [2.24, 2.45) is 0 Å². The molecule has 0 unspecified atom stereocenters. The molecule has 2 aromatic rings. The molecule has 2 aromatic heterocycles. The van der Waals surface area contributed by atoms with Crippen molar-refractivity contribution >= 4 is 23.6 Å². The maximum Gasteiger partial charge on any atom is 0.243 e. The average Bonchev–Trinajstić information content (AvgIpc) is 2.78. The quantitative estimate of drug-likeness (QED) is 0.512.